The van der Waals surface area contributed by atoms with Gasteiger partial charge in [-0.15, -0.1) is 0 Å². The smallest absolute Gasteiger partial charge is 0.311 e. The standard InChI is InChI=1S/C8H12O3/c1-11-8(10)6-4-2-3-5-7(6)9/h2-3,6-7,9H,4-5H2,1H3/t6-,7-/m1/s1. The number of methoxy groups -OCH3 is 1. The number of aliphatic hydroxyl groups is 1. The summed E-state index contributed by atoms with van der Waals surface area (Å²) in [4.78, 5) is 11.0. The summed E-state index contributed by atoms with van der Waals surface area (Å²) in [5, 5.41) is 9.32. The number of rotatable bonds is 1. The molecule has 1 rings (SSSR count). The third-order valence-electron chi connectivity index (χ3n) is 1.90. The van der Waals surface area contributed by atoms with E-state index in [-0.39, 0.29) is 11.9 Å². The average molecular weight is 156 g/mol. The van der Waals surface area contributed by atoms with Crippen molar-refractivity contribution in [3.05, 3.63) is 12.2 Å². The van der Waals surface area contributed by atoms with Crippen molar-refractivity contribution in [3.8, 4) is 0 Å². The molecule has 0 amide bonds. The topological polar surface area (TPSA) is 46.5 Å². The van der Waals surface area contributed by atoms with E-state index >= 15 is 0 Å². The van der Waals surface area contributed by atoms with Crippen LogP contribution in [0.15, 0.2) is 12.2 Å². The summed E-state index contributed by atoms with van der Waals surface area (Å²) in [5.74, 6) is -0.674. The lowest BCUT2D eigenvalue weighted by Crippen LogP contribution is -2.30. The van der Waals surface area contributed by atoms with Crippen LogP contribution in [0, 0.1) is 5.92 Å². The Morgan fingerprint density at radius 3 is 2.73 bits per heavy atom. The molecular weight excluding hydrogens is 144 g/mol. The van der Waals surface area contributed by atoms with Crippen molar-refractivity contribution >= 4 is 5.97 Å². The minimum atomic E-state index is -0.563. The molecule has 0 aromatic carbocycles. The SMILES string of the molecule is COC(=O)[C@@H]1CC=CC[C@H]1O. The Kier molecular flexibility index (Phi) is 2.65. The van der Waals surface area contributed by atoms with Crippen molar-refractivity contribution in [1.29, 1.82) is 0 Å². The van der Waals surface area contributed by atoms with E-state index in [1.54, 1.807) is 0 Å². The van der Waals surface area contributed by atoms with E-state index in [2.05, 4.69) is 4.74 Å². The molecule has 0 aliphatic heterocycles. The fourth-order valence-electron chi connectivity index (χ4n) is 1.20. The van der Waals surface area contributed by atoms with Crippen molar-refractivity contribution in [3.63, 3.8) is 0 Å². The van der Waals surface area contributed by atoms with Gasteiger partial charge in [0, 0.05) is 0 Å². The molecule has 0 saturated carbocycles. The molecule has 0 bridgehead atoms. The maximum absolute atomic E-state index is 11.0. The lowest BCUT2D eigenvalue weighted by molar-refractivity contribution is -0.149. The van der Waals surface area contributed by atoms with Crippen LogP contribution in [0.1, 0.15) is 12.8 Å². The maximum atomic E-state index is 11.0. The van der Waals surface area contributed by atoms with Gasteiger partial charge in [-0.1, -0.05) is 12.2 Å². The van der Waals surface area contributed by atoms with E-state index in [0.29, 0.717) is 12.8 Å². The van der Waals surface area contributed by atoms with Crippen LogP contribution in [0.25, 0.3) is 0 Å². The molecule has 0 fully saturated rings. The highest BCUT2D eigenvalue weighted by atomic mass is 16.5. The molecule has 0 heterocycles. The highest BCUT2D eigenvalue weighted by Gasteiger charge is 2.27. The van der Waals surface area contributed by atoms with Gasteiger partial charge in [0.15, 0.2) is 0 Å². The molecule has 0 unspecified atom stereocenters. The second-order valence-electron chi connectivity index (χ2n) is 2.64. The van der Waals surface area contributed by atoms with Gasteiger partial charge in [0.05, 0.1) is 19.1 Å². The van der Waals surface area contributed by atoms with E-state index in [9.17, 15) is 9.90 Å². The highest BCUT2D eigenvalue weighted by molar-refractivity contribution is 5.73. The Bertz CT molecular complexity index is 174. The van der Waals surface area contributed by atoms with Crippen LogP contribution in [0.2, 0.25) is 0 Å². The first-order valence-electron chi connectivity index (χ1n) is 3.66. The molecule has 1 N–H and O–H groups in total. The summed E-state index contributed by atoms with van der Waals surface area (Å²) in [7, 11) is 1.34. The second kappa shape index (κ2) is 3.53. The summed E-state index contributed by atoms with van der Waals surface area (Å²) in [5.41, 5.74) is 0. The first-order valence-corrected chi connectivity index (χ1v) is 3.66. The minimum Gasteiger partial charge on any atom is -0.469 e. The van der Waals surface area contributed by atoms with Crippen LogP contribution in [-0.4, -0.2) is 24.3 Å². The molecule has 1 aliphatic carbocycles. The molecule has 1 aliphatic rings. The monoisotopic (exact) mass is 156 g/mol. The first kappa shape index (κ1) is 8.27. The van der Waals surface area contributed by atoms with E-state index in [4.69, 9.17) is 0 Å². The lowest BCUT2D eigenvalue weighted by atomic mass is 9.92. The number of hydrogen-bond acceptors (Lipinski definition) is 3. The Labute approximate surface area is 65.7 Å². The van der Waals surface area contributed by atoms with Crippen molar-refractivity contribution < 1.29 is 14.6 Å². The lowest BCUT2D eigenvalue weighted by Gasteiger charge is -2.21. The van der Waals surface area contributed by atoms with Crippen LogP contribution in [0.4, 0.5) is 0 Å². The molecule has 0 saturated heterocycles. The van der Waals surface area contributed by atoms with E-state index in [1.165, 1.54) is 7.11 Å². The molecule has 0 aromatic heterocycles. The number of esters is 1. The van der Waals surface area contributed by atoms with Gasteiger partial charge in [0.25, 0.3) is 0 Å². The largest absolute Gasteiger partial charge is 0.469 e. The Morgan fingerprint density at radius 2 is 2.18 bits per heavy atom. The van der Waals surface area contributed by atoms with Gasteiger partial charge in [0.2, 0.25) is 0 Å². The molecule has 0 radical (unpaired) electrons. The van der Waals surface area contributed by atoms with Crippen molar-refractivity contribution in [1.82, 2.24) is 0 Å². The molecule has 3 nitrogen and oxygen atoms in total. The molecule has 62 valence electrons. The number of carbonyl (C=O) groups excluding carboxylic acids is 1. The molecule has 11 heavy (non-hydrogen) atoms. The van der Waals surface area contributed by atoms with Gasteiger partial charge < -0.3 is 9.84 Å². The summed E-state index contributed by atoms with van der Waals surface area (Å²) in [6.45, 7) is 0. The number of hydrogen-bond donors (Lipinski definition) is 1. The maximum Gasteiger partial charge on any atom is 0.311 e. The Morgan fingerprint density at radius 1 is 1.55 bits per heavy atom. The number of aliphatic hydroxyl groups excluding tert-OH is 1. The molecule has 0 spiro atoms. The average Bonchev–Trinajstić information content (AvgIpc) is 2.04. The molecular formula is C8H12O3. The van der Waals surface area contributed by atoms with Crippen LogP contribution >= 0.6 is 0 Å². The van der Waals surface area contributed by atoms with Gasteiger partial charge in [-0.05, 0) is 12.8 Å². The Hall–Kier alpha value is -0.830. The summed E-state index contributed by atoms with van der Waals surface area (Å²) in [6, 6.07) is 0. The van der Waals surface area contributed by atoms with Crippen molar-refractivity contribution in [2.75, 3.05) is 7.11 Å². The molecule has 2 atom stereocenters. The van der Waals surface area contributed by atoms with Gasteiger partial charge in [-0.2, -0.15) is 0 Å². The third kappa shape index (κ3) is 1.80. The summed E-state index contributed by atoms with van der Waals surface area (Å²) >= 11 is 0. The zero-order valence-corrected chi connectivity index (χ0v) is 6.49. The Balaban J connectivity index is 2.56. The molecule has 0 aromatic rings. The zero-order chi connectivity index (χ0) is 8.27. The van der Waals surface area contributed by atoms with Gasteiger partial charge in [0.1, 0.15) is 0 Å². The van der Waals surface area contributed by atoms with Gasteiger partial charge >= 0.3 is 5.97 Å². The fourth-order valence-corrected chi connectivity index (χ4v) is 1.20. The fraction of sp³-hybridized carbons (Fsp3) is 0.625. The second-order valence-corrected chi connectivity index (χ2v) is 2.64. The predicted octanol–water partition coefficient (Wildman–Crippen LogP) is 0.486. The number of carbonyl (C=O) groups is 1. The third-order valence-corrected chi connectivity index (χ3v) is 1.90. The van der Waals surface area contributed by atoms with E-state index in [1.807, 2.05) is 12.2 Å². The zero-order valence-electron chi connectivity index (χ0n) is 6.49. The number of ether oxygens (including phenoxy) is 1. The highest BCUT2D eigenvalue weighted by Crippen LogP contribution is 2.19. The van der Waals surface area contributed by atoms with Crippen molar-refractivity contribution in [2.24, 2.45) is 5.92 Å². The van der Waals surface area contributed by atoms with Gasteiger partial charge in [-0.25, -0.2) is 0 Å². The van der Waals surface area contributed by atoms with E-state index in [0.717, 1.165) is 0 Å². The summed E-state index contributed by atoms with van der Waals surface area (Å²) in [6.07, 6.45) is 4.36. The van der Waals surface area contributed by atoms with Crippen LogP contribution < -0.4 is 0 Å². The normalized spacial score (nSPS) is 30.0. The number of allylic oxidation sites excluding steroid dienone is 1. The van der Waals surface area contributed by atoms with Crippen LogP contribution in [0.3, 0.4) is 0 Å². The molecule has 3 heteroatoms. The van der Waals surface area contributed by atoms with Crippen LogP contribution in [0.5, 0.6) is 0 Å². The first-order chi connectivity index (χ1) is 5.25. The summed E-state index contributed by atoms with van der Waals surface area (Å²) < 4.78 is 4.53. The van der Waals surface area contributed by atoms with Crippen molar-refractivity contribution in [2.45, 2.75) is 18.9 Å². The predicted molar refractivity (Wildman–Crippen MR) is 39.9 cm³/mol. The quantitative estimate of drug-likeness (QED) is 0.444. The van der Waals surface area contributed by atoms with Gasteiger partial charge in [-0.3, -0.25) is 4.79 Å². The van der Waals surface area contributed by atoms with E-state index < -0.39 is 6.10 Å². The minimum absolute atomic E-state index is 0.318. The van der Waals surface area contributed by atoms with Crippen LogP contribution in [-0.2, 0) is 9.53 Å².